The van der Waals surface area contributed by atoms with Crippen LogP contribution in [-0.4, -0.2) is 23.7 Å². The van der Waals surface area contributed by atoms with Crippen LogP contribution in [0, 0.1) is 16.0 Å². The third-order valence-corrected chi connectivity index (χ3v) is 2.56. The van der Waals surface area contributed by atoms with E-state index in [4.69, 9.17) is 17.0 Å². The summed E-state index contributed by atoms with van der Waals surface area (Å²) < 4.78 is 5.11. The lowest BCUT2D eigenvalue weighted by Gasteiger charge is -2.14. The Labute approximate surface area is 117 Å². The molecule has 1 rings (SSSR count). The van der Waals surface area contributed by atoms with Crippen LogP contribution in [-0.2, 0) is 0 Å². The summed E-state index contributed by atoms with van der Waals surface area (Å²) in [7, 11) is 1.45. The number of benzene rings is 1. The van der Waals surface area contributed by atoms with E-state index in [0.29, 0.717) is 22.5 Å². The topological polar surface area (TPSA) is 76.4 Å². The van der Waals surface area contributed by atoms with Crippen molar-refractivity contribution in [3.05, 3.63) is 28.3 Å². The average molecular weight is 283 g/mol. The highest BCUT2D eigenvalue weighted by Gasteiger charge is 2.12. The number of ether oxygens (including phenoxy) is 1. The number of methoxy groups -OCH3 is 1. The largest absolute Gasteiger partial charge is 0.494 e. The molecule has 0 unspecified atom stereocenters. The molecule has 0 heterocycles. The first kappa shape index (κ1) is 15.2. The van der Waals surface area contributed by atoms with Crippen LogP contribution in [0.3, 0.4) is 0 Å². The summed E-state index contributed by atoms with van der Waals surface area (Å²) >= 11 is 5.13. The Morgan fingerprint density at radius 3 is 2.74 bits per heavy atom. The van der Waals surface area contributed by atoms with Gasteiger partial charge < -0.3 is 15.4 Å². The number of hydrogen-bond acceptors (Lipinski definition) is 4. The van der Waals surface area contributed by atoms with Gasteiger partial charge in [0.2, 0.25) is 0 Å². The fourth-order valence-electron chi connectivity index (χ4n) is 1.36. The third-order valence-electron chi connectivity index (χ3n) is 2.31. The normalized spacial score (nSPS) is 10.1. The molecule has 0 amide bonds. The van der Waals surface area contributed by atoms with Gasteiger partial charge in [-0.25, -0.2) is 0 Å². The smallest absolute Gasteiger partial charge is 0.273 e. The Morgan fingerprint density at radius 1 is 1.53 bits per heavy atom. The number of nitro benzene ring substituents is 1. The number of anilines is 1. The Morgan fingerprint density at radius 2 is 2.21 bits per heavy atom. The van der Waals surface area contributed by atoms with Crippen molar-refractivity contribution in [2.75, 3.05) is 19.0 Å². The fraction of sp³-hybridized carbons (Fsp3) is 0.417. The van der Waals surface area contributed by atoms with E-state index in [1.807, 2.05) is 0 Å². The van der Waals surface area contributed by atoms with Crippen LogP contribution in [0.2, 0.25) is 0 Å². The minimum Gasteiger partial charge on any atom is -0.494 e. The zero-order chi connectivity index (χ0) is 14.4. The highest BCUT2D eigenvalue weighted by molar-refractivity contribution is 7.80. The molecule has 0 saturated carbocycles. The van der Waals surface area contributed by atoms with Crippen LogP contribution < -0.4 is 15.4 Å². The molecule has 0 atom stereocenters. The molecule has 0 spiro atoms. The molecule has 0 aliphatic rings. The molecular weight excluding hydrogens is 266 g/mol. The van der Waals surface area contributed by atoms with Crippen LogP contribution in [0.4, 0.5) is 11.4 Å². The zero-order valence-corrected chi connectivity index (χ0v) is 11.9. The highest BCUT2D eigenvalue weighted by atomic mass is 32.1. The summed E-state index contributed by atoms with van der Waals surface area (Å²) in [5, 5.41) is 17.1. The molecule has 1 aromatic carbocycles. The van der Waals surface area contributed by atoms with Crippen LogP contribution in [0.25, 0.3) is 0 Å². The van der Waals surface area contributed by atoms with E-state index in [-0.39, 0.29) is 5.69 Å². The van der Waals surface area contributed by atoms with E-state index in [1.165, 1.54) is 19.2 Å². The van der Waals surface area contributed by atoms with Crippen molar-refractivity contribution in [1.82, 2.24) is 5.32 Å². The van der Waals surface area contributed by atoms with Crippen LogP contribution >= 0.6 is 12.2 Å². The lowest BCUT2D eigenvalue weighted by atomic mass is 10.2. The number of rotatable bonds is 5. The summed E-state index contributed by atoms with van der Waals surface area (Å²) in [6, 6.07) is 4.32. The molecule has 7 heteroatoms. The highest BCUT2D eigenvalue weighted by Crippen LogP contribution is 2.28. The molecule has 19 heavy (non-hydrogen) atoms. The second-order valence-corrected chi connectivity index (χ2v) is 4.78. The van der Waals surface area contributed by atoms with Crippen LogP contribution in [0.1, 0.15) is 13.8 Å². The molecular formula is C12H17N3O3S. The van der Waals surface area contributed by atoms with E-state index in [9.17, 15) is 10.1 Å². The zero-order valence-electron chi connectivity index (χ0n) is 11.1. The third kappa shape index (κ3) is 4.70. The van der Waals surface area contributed by atoms with Gasteiger partial charge in [0.15, 0.2) is 5.11 Å². The van der Waals surface area contributed by atoms with E-state index < -0.39 is 4.92 Å². The van der Waals surface area contributed by atoms with Gasteiger partial charge in [-0.05, 0) is 24.2 Å². The molecule has 104 valence electrons. The number of thiocarbonyl (C=S) groups is 1. The Hall–Kier alpha value is -1.89. The van der Waals surface area contributed by atoms with E-state index in [1.54, 1.807) is 6.07 Å². The van der Waals surface area contributed by atoms with Gasteiger partial charge in [0.1, 0.15) is 5.75 Å². The van der Waals surface area contributed by atoms with E-state index in [2.05, 4.69) is 24.5 Å². The van der Waals surface area contributed by atoms with Crippen molar-refractivity contribution in [2.24, 2.45) is 5.92 Å². The lowest BCUT2D eigenvalue weighted by Crippen LogP contribution is -2.31. The summed E-state index contributed by atoms with van der Waals surface area (Å²) in [6.07, 6.45) is 0. The molecule has 0 fully saturated rings. The van der Waals surface area contributed by atoms with Gasteiger partial charge >= 0.3 is 0 Å². The Balaban J connectivity index is 2.78. The number of nitro groups is 1. The Kier molecular flexibility index (Phi) is 5.50. The van der Waals surface area contributed by atoms with Gasteiger partial charge in [0, 0.05) is 12.6 Å². The van der Waals surface area contributed by atoms with Crippen molar-refractivity contribution in [1.29, 1.82) is 0 Å². The number of nitrogens with zero attached hydrogens (tertiary/aromatic N) is 1. The van der Waals surface area contributed by atoms with Gasteiger partial charge in [-0.3, -0.25) is 10.1 Å². The van der Waals surface area contributed by atoms with Crippen LogP contribution in [0.15, 0.2) is 18.2 Å². The summed E-state index contributed by atoms with van der Waals surface area (Å²) in [5.74, 6) is 0.849. The van der Waals surface area contributed by atoms with Crippen molar-refractivity contribution < 1.29 is 9.66 Å². The van der Waals surface area contributed by atoms with Crippen molar-refractivity contribution in [3.63, 3.8) is 0 Å². The summed E-state index contributed by atoms with van der Waals surface area (Å²) in [5.41, 5.74) is 0.567. The molecule has 0 radical (unpaired) electrons. The van der Waals surface area contributed by atoms with Crippen molar-refractivity contribution in [2.45, 2.75) is 13.8 Å². The average Bonchev–Trinajstić information content (AvgIpc) is 2.36. The summed E-state index contributed by atoms with van der Waals surface area (Å²) in [4.78, 5) is 10.2. The second kappa shape index (κ2) is 6.89. The first-order chi connectivity index (χ1) is 8.93. The predicted octanol–water partition coefficient (Wildman–Crippen LogP) is 2.55. The van der Waals surface area contributed by atoms with E-state index in [0.717, 1.165) is 6.54 Å². The maximum atomic E-state index is 10.7. The maximum absolute atomic E-state index is 10.7. The molecule has 0 aliphatic heterocycles. The molecule has 0 bridgehead atoms. The first-order valence-corrected chi connectivity index (χ1v) is 6.22. The fourth-order valence-corrected chi connectivity index (χ4v) is 1.55. The molecule has 0 saturated heterocycles. The van der Waals surface area contributed by atoms with Gasteiger partial charge in [-0.15, -0.1) is 0 Å². The molecule has 0 aromatic heterocycles. The van der Waals surface area contributed by atoms with Gasteiger partial charge in [-0.2, -0.15) is 0 Å². The van der Waals surface area contributed by atoms with Gasteiger partial charge in [-0.1, -0.05) is 13.8 Å². The molecule has 1 aromatic rings. The number of hydrogen-bond donors (Lipinski definition) is 2. The second-order valence-electron chi connectivity index (χ2n) is 4.37. The first-order valence-electron chi connectivity index (χ1n) is 5.81. The molecule has 0 aliphatic carbocycles. The standard InChI is InChI=1S/C12H17N3O3S/c1-8(2)7-13-12(19)14-10-5-4-9(15(16)17)6-11(10)18-3/h4-6,8H,7H2,1-3H3,(H2,13,14,19). The Bertz CT molecular complexity index is 477. The maximum Gasteiger partial charge on any atom is 0.273 e. The van der Waals surface area contributed by atoms with Gasteiger partial charge in [0.25, 0.3) is 5.69 Å². The quantitative estimate of drug-likeness (QED) is 0.491. The number of non-ortho nitro benzene ring substituents is 1. The van der Waals surface area contributed by atoms with Crippen molar-refractivity contribution in [3.8, 4) is 5.75 Å². The molecule has 2 N–H and O–H groups in total. The molecule has 6 nitrogen and oxygen atoms in total. The predicted molar refractivity (Wildman–Crippen MR) is 78.7 cm³/mol. The monoisotopic (exact) mass is 283 g/mol. The lowest BCUT2D eigenvalue weighted by molar-refractivity contribution is -0.384. The summed E-state index contributed by atoms with van der Waals surface area (Å²) in [6.45, 7) is 4.89. The van der Waals surface area contributed by atoms with Crippen LogP contribution in [0.5, 0.6) is 5.75 Å². The van der Waals surface area contributed by atoms with Gasteiger partial charge in [0.05, 0.1) is 23.8 Å². The minimum atomic E-state index is -0.471. The van der Waals surface area contributed by atoms with E-state index >= 15 is 0 Å². The SMILES string of the molecule is COc1cc([N+](=O)[O-])ccc1NC(=S)NCC(C)C. The van der Waals surface area contributed by atoms with Crippen molar-refractivity contribution >= 4 is 28.7 Å². The number of nitrogens with one attached hydrogen (secondary N) is 2. The minimum absolute atomic E-state index is 0.0246.